The van der Waals surface area contributed by atoms with Crippen molar-refractivity contribution in [3.8, 4) is 5.69 Å². The first kappa shape index (κ1) is 23.1. The smallest absolute Gasteiger partial charge is 0.318 e. The number of nitrogens with one attached hydrogen (secondary N) is 1. The van der Waals surface area contributed by atoms with Crippen molar-refractivity contribution in [3.05, 3.63) is 85.7 Å². The second-order valence-corrected chi connectivity index (χ2v) is 8.43. The van der Waals surface area contributed by atoms with Gasteiger partial charge in [-0.2, -0.15) is 18.3 Å². The number of amides is 1. The molecule has 1 aromatic heterocycles. The summed E-state index contributed by atoms with van der Waals surface area (Å²) < 4.78 is 41.7. The first-order valence-corrected chi connectivity index (χ1v) is 10.6. The Bertz CT molecular complexity index is 1150. The number of aromatic nitrogens is 1. The monoisotopic (exact) mass is 539 g/mol. The number of carbonyl (C=O) groups is 1. The number of carbonyl (C=O) groups excluding carboxylic acids is 1. The topological polar surface area (TPSA) is 46.4 Å². The molecule has 4 nitrogen and oxygen atoms in total. The van der Waals surface area contributed by atoms with Crippen molar-refractivity contribution in [2.75, 3.05) is 0 Å². The fourth-order valence-electron chi connectivity index (χ4n) is 3.34. The summed E-state index contributed by atoms with van der Waals surface area (Å²) in [6.07, 6.45) is -3.09. The van der Waals surface area contributed by atoms with Crippen LogP contribution in [0.2, 0.25) is 0 Å². The van der Waals surface area contributed by atoms with E-state index in [9.17, 15) is 18.0 Å². The zero-order valence-corrected chi connectivity index (χ0v) is 19.4. The van der Waals surface area contributed by atoms with E-state index in [1.165, 1.54) is 21.3 Å². The number of rotatable bonds is 5. The third kappa shape index (κ3) is 5.55. The second-order valence-electron chi connectivity index (χ2n) is 7.26. The number of hydrogen-bond acceptors (Lipinski definition) is 2. The van der Waals surface area contributed by atoms with Gasteiger partial charge in [0.1, 0.15) is 0 Å². The summed E-state index contributed by atoms with van der Waals surface area (Å²) >= 11 is 2.29. The highest BCUT2D eigenvalue weighted by molar-refractivity contribution is 14.1. The lowest BCUT2D eigenvalue weighted by Crippen LogP contribution is -2.20. The van der Waals surface area contributed by atoms with E-state index in [2.05, 4.69) is 56.7 Å². The van der Waals surface area contributed by atoms with Gasteiger partial charge in [0, 0.05) is 26.2 Å². The average molecular weight is 539 g/mol. The van der Waals surface area contributed by atoms with Crippen LogP contribution in [0, 0.1) is 24.3 Å². The van der Waals surface area contributed by atoms with Gasteiger partial charge in [0.05, 0.1) is 18.2 Å². The number of benzene rings is 2. The molecule has 162 valence electrons. The van der Waals surface area contributed by atoms with Gasteiger partial charge in [0.25, 0.3) is 0 Å². The van der Waals surface area contributed by atoms with Crippen molar-refractivity contribution >= 4 is 34.7 Å². The van der Waals surface area contributed by atoms with E-state index in [-0.39, 0.29) is 12.0 Å². The molecule has 3 aromatic rings. The highest BCUT2D eigenvalue weighted by Gasteiger charge is 2.30. The van der Waals surface area contributed by atoms with Crippen molar-refractivity contribution in [2.24, 2.45) is 5.10 Å². The molecule has 8 heteroatoms. The Balaban J connectivity index is 1.70. The van der Waals surface area contributed by atoms with Crippen LogP contribution in [0.4, 0.5) is 13.2 Å². The molecule has 0 radical (unpaired) electrons. The number of alkyl halides is 3. The van der Waals surface area contributed by atoms with E-state index in [4.69, 9.17) is 0 Å². The molecular weight excluding hydrogens is 518 g/mol. The fourth-order valence-corrected chi connectivity index (χ4v) is 3.68. The molecular formula is C23H21F3IN3O. The van der Waals surface area contributed by atoms with Gasteiger partial charge in [-0.25, -0.2) is 5.43 Å². The van der Waals surface area contributed by atoms with Crippen LogP contribution in [0.15, 0.2) is 53.6 Å². The summed E-state index contributed by atoms with van der Waals surface area (Å²) in [4.78, 5) is 12.1. The van der Waals surface area contributed by atoms with Crippen LogP contribution in [0.5, 0.6) is 0 Å². The van der Waals surface area contributed by atoms with Crippen molar-refractivity contribution in [3.63, 3.8) is 0 Å². The number of aryl methyl sites for hydroxylation is 2. The molecule has 0 fully saturated rings. The molecule has 1 heterocycles. The van der Waals surface area contributed by atoms with Gasteiger partial charge < -0.3 is 4.57 Å². The standard InChI is InChI=1S/C23H21F3IN3O/c1-14-9-20(7-8-21(14)27)30-15(2)10-18(16(30)3)13-28-29-22(31)12-17-5-4-6-19(11-17)23(24,25)26/h4-11,13H,12H2,1-3H3,(H,29,31)/b28-13+. The molecule has 0 atom stereocenters. The number of hydrogen-bond donors (Lipinski definition) is 1. The largest absolute Gasteiger partial charge is 0.416 e. The SMILES string of the molecule is Cc1cc(-n2c(C)cc(/C=N/NC(=O)Cc3cccc(C(F)(F)F)c3)c2C)ccc1I. The lowest BCUT2D eigenvalue weighted by molar-refractivity contribution is -0.137. The quantitative estimate of drug-likeness (QED) is 0.252. The first-order valence-electron chi connectivity index (χ1n) is 9.50. The summed E-state index contributed by atoms with van der Waals surface area (Å²) in [5.41, 5.74) is 6.94. The number of hydrazone groups is 1. The van der Waals surface area contributed by atoms with Gasteiger partial charge in [0.15, 0.2) is 0 Å². The molecule has 1 N–H and O–H groups in total. The number of halogens is 4. The van der Waals surface area contributed by atoms with Crippen molar-refractivity contribution in [1.82, 2.24) is 9.99 Å². The van der Waals surface area contributed by atoms with Crippen LogP contribution in [-0.2, 0) is 17.4 Å². The van der Waals surface area contributed by atoms with Crippen molar-refractivity contribution < 1.29 is 18.0 Å². The molecule has 0 spiro atoms. The van der Waals surface area contributed by atoms with Gasteiger partial charge in [0.2, 0.25) is 5.91 Å². The van der Waals surface area contributed by atoms with Crippen LogP contribution in [0.3, 0.4) is 0 Å². The van der Waals surface area contributed by atoms with Crippen LogP contribution in [0.1, 0.15) is 33.6 Å². The Morgan fingerprint density at radius 3 is 2.55 bits per heavy atom. The highest BCUT2D eigenvalue weighted by Crippen LogP contribution is 2.29. The average Bonchev–Trinajstić information content (AvgIpc) is 2.97. The lowest BCUT2D eigenvalue weighted by atomic mass is 10.1. The Morgan fingerprint density at radius 1 is 1.13 bits per heavy atom. The second kappa shape index (κ2) is 9.25. The molecule has 31 heavy (non-hydrogen) atoms. The van der Waals surface area contributed by atoms with Crippen LogP contribution in [-0.4, -0.2) is 16.7 Å². The molecule has 3 rings (SSSR count). The molecule has 0 bridgehead atoms. The predicted octanol–water partition coefficient (Wildman–Crippen LogP) is 5.72. The third-order valence-corrected chi connectivity index (χ3v) is 6.09. The number of nitrogens with zero attached hydrogens (tertiary/aromatic N) is 2. The molecule has 0 aliphatic carbocycles. The highest BCUT2D eigenvalue weighted by atomic mass is 127. The summed E-state index contributed by atoms with van der Waals surface area (Å²) in [7, 11) is 0. The third-order valence-electron chi connectivity index (χ3n) is 4.88. The Hall–Kier alpha value is -2.62. The van der Waals surface area contributed by atoms with Gasteiger partial charge in [-0.3, -0.25) is 4.79 Å². The van der Waals surface area contributed by atoms with E-state index in [0.29, 0.717) is 0 Å². The summed E-state index contributed by atoms with van der Waals surface area (Å²) in [5, 5.41) is 3.99. The molecule has 0 saturated carbocycles. The minimum atomic E-state index is -4.44. The molecule has 0 saturated heterocycles. The Labute approximate surface area is 192 Å². The molecule has 2 aromatic carbocycles. The Morgan fingerprint density at radius 2 is 1.87 bits per heavy atom. The van der Waals surface area contributed by atoms with Crippen LogP contribution >= 0.6 is 22.6 Å². The van der Waals surface area contributed by atoms with Crippen molar-refractivity contribution in [2.45, 2.75) is 33.4 Å². The maximum absolute atomic E-state index is 12.8. The van der Waals surface area contributed by atoms with E-state index >= 15 is 0 Å². The molecule has 0 aliphatic heterocycles. The summed E-state index contributed by atoms with van der Waals surface area (Å²) in [6, 6.07) is 12.9. The van der Waals surface area contributed by atoms with E-state index in [0.717, 1.165) is 34.8 Å². The van der Waals surface area contributed by atoms with Gasteiger partial charge in [-0.05, 0) is 84.8 Å². The normalized spacial score (nSPS) is 11.8. The zero-order valence-electron chi connectivity index (χ0n) is 17.2. The molecule has 0 unspecified atom stereocenters. The van der Waals surface area contributed by atoms with Crippen LogP contribution < -0.4 is 5.43 Å². The van der Waals surface area contributed by atoms with E-state index in [1.807, 2.05) is 26.0 Å². The maximum Gasteiger partial charge on any atom is 0.416 e. The minimum absolute atomic E-state index is 0.192. The first-order chi connectivity index (χ1) is 14.6. The lowest BCUT2D eigenvalue weighted by Gasteiger charge is -2.11. The van der Waals surface area contributed by atoms with E-state index in [1.54, 1.807) is 6.21 Å². The fraction of sp³-hybridized carbons (Fsp3) is 0.217. The molecule has 1 amide bonds. The van der Waals surface area contributed by atoms with Gasteiger partial charge in [-0.15, -0.1) is 0 Å². The minimum Gasteiger partial charge on any atom is -0.318 e. The maximum atomic E-state index is 12.8. The van der Waals surface area contributed by atoms with Crippen molar-refractivity contribution in [1.29, 1.82) is 0 Å². The summed E-state index contributed by atoms with van der Waals surface area (Å²) in [5.74, 6) is -0.488. The Kier molecular flexibility index (Phi) is 6.88. The zero-order chi connectivity index (χ0) is 22.8. The summed E-state index contributed by atoms with van der Waals surface area (Å²) in [6.45, 7) is 6.01. The molecule has 0 aliphatic rings. The van der Waals surface area contributed by atoms with Gasteiger partial charge in [-0.1, -0.05) is 18.2 Å². The predicted molar refractivity (Wildman–Crippen MR) is 124 cm³/mol. The van der Waals surface area contributed by atoms with Gasteiger partial charge >= 0.3 is 6.18 Å². The van der Waals surface area contributed by atoms with E-state index < -0.39 is 17.6 Å². The van der Waals surface area contributed by atoms with Crippen LogP contribution in [0.25, 0.3) is 5.69 Å².